The van der Waals surface area contributed by atoms with Crippen LogP contribution in [0.4, 0.5) is 0 Å². The number of likely N-dealkylation sites (N-methyl/N-ethyl adjacent to an activating group) is 1. The van der Waals surface area contributed by atoms with Crippen LogP contribution in [-0.4, -0.2) is 50.4 Å². The Bertz CT molecular complexity index is 1100. The molecular weight excluding hydrogens is 452 g/mol. The smallest absolute Gasteiger partial charge is 0.295 e. The SMILES string of the molecule is CCOc1ccc(C([O-])=C2C(=O)C(=O)N(CC[NH+](C)C)C2c2ccc(C(C)(C)C)cc2)cc1Cl. The highest BCUT2D eigenvalue weighted by molar-refractivity contribution is 6.46. The van der Waals surface area contributed by atoms with E-state index in [0.29, 0.717) is 25.4 Å². The number of Topliss-reactive ketones (excluding diaryl/α,β-unsaturated/α-hetero) is 1. The highest BCUT2D eigenvalue weighted by Crippen LogP contribution is 2.39. The van der Waals surface area contributed by atoms with Crippen LogP contribution in [0.2, 0.25) is 5.02 Å². The van der Waals surface area contributed by atoms with Gasteiger partial charge in [-0.2, -0.15) is 0 Å². The van der Waals surface area contributed by atoms with Crippen molar-refractivity contribution in [1.29, 1.82) is 0 Å². The molecule has 0 bridgehead atoms. The van der Waals surface area contributed by atoms with Gasteiger partial charge >= 0.3 is 0 Å². The maximum absolute atomic E-state index is 13.6. The molecule has 1 unspecified atom stereocenters. The van der Waals surface area contributed by atoms with E-state index in [-0.39, 0.29) is 21.6 Å². The number of benzene rings is 2. The van der Waals surface area contributed by atoms with Crippen LogP contribution >= 0.6 is 11.6 Å². The lowest BCUT2D eigenvalue weighted by molar-refractivity contribution is -0.857. The number of ketones is 1. The lowest BCUT2D eigenvalue weighted by atomic mass is 9.85. The summed E-state index contributed by atoms with van der Waals surface area (Å²) in [6.07, 6.45) is 0. The Kier molecular flexibility index (Phi) is 7.74. The standard InChI is InChI=1S/C27H33ClN2O4/c1-7-34-21-13-10-18(16-20(21)28)24(31)22-23(17-8-11-19(12-9-17)27(2,3)4)30(15-14-29(5)6)26(33)25(22)32/h8-13,16,23,31H,7,14-15H2,1-6H3. The van der Waals surface area contributed by atoms with Crippen LogP contribution < -0.4 is 14.7 Å². The first-order valence-electron chi connectivity index (χ1n) is 11.5. The fourth-order valence-corrected chi connectivity index (χ4v) is 4.26. The summed E-state index contributed by atoms with van der Waals surface area (Å²) >= 11 is 6.30. The summed E-state index contributed by atoms with van der Waals surface area (Å²) in [6.45, 7) is 9.64. The monoisotopic (exact) mass is 484 g/mol. The Morgan fingerprint density at radius 2 is 1.76 bits per heavy atom. The lowest BCUT2D eigenvalue weighted by Crippen LogP contribution is -3.06. The van der Waals surface area contributed by atoms with Gasteiger partial charge in [0.15, 0.2) is 0 Å². The van der Waals surface area contributed by atoms with Crippen LogP contribution in [0.15, 0.2) is 48.0 Å². The fourth-order valence-electron chi connectivity index (χ4n) is 4.03. The van der Waals surface area contributed by atoms with Crippen LogP contribution in [0.25, 0.3) is 5.76 Å². The van der Waals surface area contributed by atoms with E-state index in [2.05, 4.69) is 20.8 Å². The quantitative estimate of drug-likeness (QED) is 0.372. The zero-order valence-electron chi connectivity index (χ0n) is 20.7. The maximum atomic E-state index is 13.6. The number of hydrogen-bond acceptors (Lipinski definition) is 4. The predicted octanol–water partition coefficient (Wildman–Crippen LogP) is 2.40. The Morgan fingerprint density at radius 1 is 1.12 bits per heavy atom. The molecule has 0 aromatic heterocycles. The molecule has 1 fully saturated rings. The van der Waals surface area contributed by atoms with E-state index in [1.165, 1.54) is 11.0 Å². The second-order valence-electron chi connectivity index (χ2n) is 9.88. The molecule has 0 radical (unpaired) electrons. The molecule has 2 aromatic rings. The minimum atomic E-state index is -0.756. The summed E-state index contributed by atoms with van der Waals surface area (Å²) in [5.74, 6) is -1.43. The molecule has 0 aliphatic carbocycles. The zero-order chi connectivity index (χ0) is 25.2. The first-order valence-corrected chi connectivity index (χ1v) is 11.9. The summed E-state index contributed by atoms with van der Waals surface area (Å²) in [4.78, 5) is 28.8. The van der Waals surface area contributed by atoms with E-state index in [1.807, 2.05) is 45.3 Å². The van der Waals surface area contributed by atoms with Crippen molar-refractivity contribution in [3.63, 3.8) is 0 Å². The zero-order valence-corrected chi connectivity index (χ0v) is 21.5. The Labute approximate surface area is 206 Å². The average molecular weight is 485 g/mol. The molecule has 34 heavy (non-hydrogen) atoms. The van der Waals surface area contributed by atoms with Crippen LogP contribution in [0, 0.1) is 0 Å². The number of carbonyl (C=O) groups is 2. The van der Waals surface area contributed by atoms with Crippen molar-refractivity contribution in [3.8, 4) is 5.75 Å². The van der Waals surface area contributed by atoms with Gasteiger partial charge in [-0.1, -0.05) is 68.5 Å². The van der Waals surface area contributed by atoms with Gasteiger partial charge < -0.3 is 19.6 Å². The molecule has 1 aliphatic heterocycles. The molecule has 6 nitrogen and oxygen atoms in total. The number of rotatable bonds is 7. The van der Waals surface area contributed by atoms with Gasteiger partial charge in [0, 0.05) is 5.57 Å². The van der Waals surface area contributed by atoms with E-state index in [9.17, 15) is 14.7 Å². The molecule has 1 heterocycles. The summed E-state index contributed by atoms with van der Waals surface area (Å²) in [7, 11) is 3.96. The normalized spacial score (nSPS) is 18.1. The van der Waals surface area contributed by atoms with Gasteiger partial charge in [-0.05, 0) is 41.2 Å². The summed E-state index contributed by atoms with van der Waals surface area (Å²) in [6, 6.07) is 11.7. The highest BCUT2D eigenvalue weighted by Gasteiger charge is 2.44. The molecule has 1 amide bonds. The fraction of sp³-hybridized carbons (Fsp3) is 0.407. The topological polar surface area (TPSA) is 74.1 Å². The number of nitrogens with zero attached hydrogens (tertiary/aromatic N) is 1. The number of halogens is 1. The summed E-state index contributed by atoms with van der Waals surface area (Å²) < 4.78 is 5.45. The van der Waals surface area contributed by atoms with Crippen LogP contribution in [-0.2, 0) is 15.0 Å². The van der Waals surface area contributed by atoms with E-state index in [0.717, 1.165) is 16.0 Å². The average Bonchev–Trinajstić information content (AvgIpc) is 3.03. The second-order valence-corrected chi connectivity index (χ2v) is 10.3. The number of amides is 1. The van der Waals surface area contributed by atoms with Gasteiger partial charge in [-0.25, -0.2) is 0 Å². The van der Waals surface area contributed by atoms with E-state index in [1.54, 1.807) is 12.1 Å². The highest BCUT2D eigenvalue weighted by atomic mass is 35.5. The van der Waals surface area contributed by atoms with Crippen molar-refractivity contribution < 1.29 is 24.3 Å². The van der Waals surface area contributed by atoms with Crippen LogP contribution in [0.1, 0.15) is 50.4 Å². The third kappa shape index (κ3) is 5.29. The minimum Gasteiger partial charge on any atom is -0.872 e. The molecule has 1 atom stereocenters. The van der Waals surface area contributed by atoms with E-state index in [4.69, 9.17) is 16.3 Å². The first kappa shape index (κ1) is 25.8. The Balaban J connectivity index is 2.13. The minimum absolute atomic E-state index is 0.0394. The molecule has 1 N–H and O–H groups in total. The second kappa shape index (κ2) is 10.2. The number of hydrogen-bond donors (Lipinski definition) is 1. The number of quaternary nitrogens is 1. The molecule has 2 aromatic carbocycles. The van der Waals surface area contributed by atoms with E-state index >= 15 is 0 Å². The molecule has 1 aliphatic rings. The molecular formula is C27H33ClN2O4. The Morgan fingerprint density at radius 3 is 2.29 bits per heavy atom. The van der Waals surface area contributed by atoms with Crippen molar-refractivity contribution in [2.75, 3.05) is 33.8 Å². The van der Waals surface area contributed by atoms with Crippen molar-refractivity contribution in [2.24, 2.45) is 0 Å². The van der Waals surface area contributed by atoms with Crippen molar-refractivity contribution >= 4 is 29.1 Å². The third-order valence-electron chi connectivity index (χ3n) is 5.97. The molecule has 7 heteroatoms. The molecule has 0 saturated carbocycles. The number of nitrogens with one attached hydrogen (secondary N) is 1. The maximum Gasteiger partial charge on any atom is 0.295 e. The van der Waals surface area contributed by atoms with Gasteiger partial charge in [0.05, 0.1) is 44.9 Å². The van der Waals surface area contributed by atoms with Crippen LogP contribution in [0.3, 0.4) is 0 Å². The van der Waals surface area contributed by atoms with Crippen LogP contribution in [0.5, 0.6) is 5.75 Å². The number of likely N-dealkylation sites (tertiary alicyclic amines) is 1. The molecule has 0 spiro atoms. The first-order chi connectivity index (χ1) is 16.0. The van der Waals surface area contributed by atoms with Gasteiger partial charge in [0.25, 0.3) is 5.91 Å². The number of ether oxygens (including phenoxy) is 1. The van der Waals surface area contributed by atoms with Gasteiger partial charge in [0.1, 0.15) is 5.75 Å². The summed E-state index contributed by atoms with van der Waals surface area (Å²) in [5, 5.41) is 13.9. The molecule has 182 valence electrons. The van der Waals surface area contributed by atoms with Gasteiger partial charge in [0.2, 0.25) is 5.78 Å². The summed E-state index contributed by atoms with van der Waals surface area (Å²) in [5.41, 5.74) is 2.03. The lowest BCUT2D eigenvalue weighted by Gasteiger charge is -2.28. The van der Waals surface area contributed by atoms with Gasteiger partial charge in [-0.3, -0.25) is 9.59 Å². The largest absolute Gasteiger partial charge is 0.872 e. The van der Waals surface area contributed by atoms with Crippen molar-refractivity contribution in [1.82, 2.24) is 4.90 Å². The third-order valence-corrected chi connectivity index (χ3v) is 6.26. The number of carbonyl (C=O) groups excluding carboxylic acids is 2. The van der Waals surface area contributed by atoms with Gasteiger partial charge in [-0.15, -0.1) is 0 Å². The van der Waals surface area contributed by atoms with Crippen molar-refractivity contribution in [2.45, 2.75) is 39.2 Å². The molecule has 3 rings (SSSR count). The Hall–Kier alpha value is -2.83. The van der Waals surface area contributed by atoms with Crippen molar-refractivity contribution in [3.05, 3.63) is 69.8 Å². The molecule has 1 saturated heterocycles. The predicted molar refractivity (Wildman–Crippen MR) is 132 cm³/mol. The van der Waals surface area contributed by atoms with E-state index < -0.39 is 23.5 Å².